The van der Waals surface area contributed by atoms with Gasteiger partial charge >= 0.3 is 0 Å². The van der Waals surface area contributed by atoms with Gasteiger partial charge in [0.25, 0.3) is 0 Å². The fraction of sp³-hybridized carbons (Fsp3) is 0.185. The monoisotopic (exact) mass is 413 g/mol. The van der Waals surface area contributed by atoms with Crippen LogP contribution >= 0.6 is 0 Å². The van der Waals surface area contributed by atoms with Crippen LogP contribution in [0.3, 0.4) is 0 Å². The van der Waals surface area contributed by atoms with Crippen molar-refractivity contribution in [2.24, 2.45) is 0 Å². The van der Waals surface area contributed by atoms with Gasteiger partial charge in [0.15, 0.2) is 0 Å². The Morgan fingerprint density at radius 1 is 0.968 bits per heavy atom. The molecule has 0 saturated carbocycles. The lowest BCUT2D eigenvalue weighted by Gasteiger charge is -2.35. The van der Waals surface area contributed by atoms with Crippen LogP contribution in [-0.4, -0.2) is 12.6 Å². The minimum Gasteiger partial charge on any atom is -0.496 e. The van der Waals surface area contributed by atoms with E-state index in [1.807, 2.05) is 24.3 Å². The standard InChI is InChI=1S/C27H24FNO2/c1-16-15-27(2,3)29-20-13-12-18-25-21(30-4)10-7-11-22(25)31-23(26(18)24(16)20)14-17-8-5-6-9-19(17)28/h5-15,29H,1-4H3/b23-14+. The first kappa shape index (κ1) is 19.4. The number of fused-ring (bicyclic) bond motifs is 5. The van der Waals surface area contributed by atoms with Crippen molar-refractivity contribution in [1.82, 2.24) is 0 Å². The van der Waals surface area contributed by atoms with Crippen LogP contribution in [0.1, 0.15) is 37.5 Å². The highest BCUT2D eigenvalue weighted by Gasteiger charge is 2.32. The lowest BCUT2D eigenvalue weighted by atomic mass is 9.83. The molecule has 0 saturated heterocycles. The summed E-state index contributed by atoms with van der Waals surface area (Å²) in [6.07, 6.45) is 4.00. The van der Waals surface area contributed by atoms with E-state index in [1.165, 1.54) is 6.07 Å². The van der Waals surface area contributed by atoms with E-state index >= 15 is 0 Å². The maximum atomic E-state index is 14.5. The van der Waals surface area contributed by atoms with Crippen LogP contribution in [0.5, 0.6) is 11.5 Å². The van der Waals surface area contributed by atoms with Crippen molar-refractivity contribution in [2.45, 2.75) is 26.3 Å². The number of hydrogen-bond acceptors (Lipinski definition) is 3. The highest BCUT2D eigenvalue weighted by molar-refractivity contribution is 6.01. The quantitative estimate of drug-likeness (QED) is 0.491. The number of rotatable bonds is 2. The molecule has 1 N–H and O–H groups in total. The Balaban J connectivity index is 1.84. The smallest absolute Gasteiger partial charge is 0.139 e. The molecule has 0 atom stereocenters. The highest BCUT2D eigenvalue weighted by Crippen LogP contribution is 2.51. The average molecular weight is 413 g/mol. The van der Waals surface area contributed by atoms with Crippen LogP contribution in [0.25, 0.3) is 28.5 Å². The first-order valence-corrected chi connectivity index (χ1v) is 10.3. The molecule has 2 aliphatic heterocycles. The van der Waals surface area contributed by atoms with Gasteiger partial charge in [0.1, 0.15) is 23.1 Å². The van der Waals surface area contributed by atoms with E-state index in [9.17, 15) is 4.39 Å². The van der Waals surface area contributed by atoms with Crippen LogP contribution in [0.2, 0.25) is 0 Å². The van der Waals surface area contributed by atoms with Crippen molar-refractivity contribution < 1.29 is 13.9 Å². The number of ether oxygens (including phenoxy) is 2. The van der Waals surface area contributed by atoms with Gasteiger partial charge in [-0.05, 0) is 56.7 Å². The zero-order valence-corrected chi connectivity index (χ0v) is 18.0. The Labute approximate surface area is 181 Å². The Morgan fingerprint density at radius 2 is 1.77 bits per heavy atom. The Bertz CT molecular complexity index is 1270. The van der Waals surface area contributed by atoms with E-state index in [0.29, 0.717) is 17.1 Å². The van der Waals surface area contributed by atoms with E-state index in [-0.39, 0.29) is 11.4 Å². The van der Waals surface area contributed by atoms with E-state index in [0.717, 1.165) is 39.3 Å². The van der Waals surface area contributed by atoms with Crippen LogP contribution in [0, 0.1) is 5.82 Å². The normalized spacial score (nSPS) is 16.9. The molecule has 4 heteroatoms. The number of halogens is 1. The number of nitrogens with one attached hydrogen (secondary N) is 1. The summed E-state index contributed by atoms with van der Waals surface area (Å²) in [6, 6.07) is 16.7. The molecule has 3 aromatic rings. The molecule has 0 unspecified atom stereocenters. The maximum Gasteiger partial charge on any atom is 0.139 e. The second kappa shape index (κ2) is 7.02. The lowest BCUT2D eigenvalue weighted by Crippen LogP contribution is -2.32. The van der Waals surface area contributed by atoms with Gasteiger partial charge < -0.3 is 14.8 Å². The minimum atomic E-state index is -0.284. The molecule has 31 heavy (non-hydrogen) atoms. The van der Waals surface area contributed by atoms with Gasteiger partial charge in [0.05, 0.1) is 18.2 Å². The van der Waals surface area contributed by atoms with Crippen LogP contribution in [0.15, 0.2) is 60.7 Å². The molecule has 0 spiro atoms. The summed E-state index contributed by atoms with van der Waals surface area (Å²) in [5.74, 6) is 1.77. The van der Waals surface area contributed by atoms with Crippen LogP contribution < -0.4 is 14.8 Å². The second-order valence-corrected chi connectivity index (χ2v) is 8.55. The largest absolute Gasteiger partial charge is 0.496 e. The summed E-state index contributed by atoms with van der Waals surface area (Å²) in [7, 11) is 1.66. The predicted molar refractivity (Wildman–Crippen MR) is 125 cm³/mol. The molecule has 0 aromatic heterocycles. The van der Waals surface area contributed by atoms with Gasteiger partial charge in [-0.25, -0.2) is 4.39 Å². The zero-order valence-electron chi connectivity index (χ0n) is 18.0. The summed E-state index contributed by atoms with van der Waals surface area (Å²) < 4.78 is 26.6. The Morgan fingerprint density at radius 3 is 2.55 bits per heavy atom. The number of anilines is 1. The second-order valence-electron chi connectivity index (χ2n) is 8.55. The molecule has 5 rings (SSSR count). The van der Waals surface area contributed by atoms with Crippen molar-refractivity contribution in [3.63, 3.8) is 0 Å². The highest BCUT2D eigenvalue weighted by atomic mass is 19.1. The fourth-order valence-electron chi connectivity index (χ4n) is 4.61. The summed E-state index contributed by atoms with van der Waals surface area (Å²) >= 11 is 0. The maximum absolute atomic E-state index is 14.5. The molecule has 156 valence electrons. The average Bonchev–Trinajstić information content (AvgIpc) is 2.73. The molecule has 0 radical (unpaired) electrons. The topological polar surface area (TPSA) is 30.5 Å². The van der Waals surface area contributed by atoms with E-state index in [2.05, 4.69) is 44.3 Å². The molecular weight excluding hydrogens is 389 g/mol. The number of allylic oxidation sites excluding steroid dienone is 1. The number of hydrogen-bond donors (Lipinski definition) is 1. The molecule has 2 heterocycles. The third-order valence-corrected chi connectivity index (χ3v) is 5.77. The third-order valence-electron chi connectivity index (χ3n) is 5.77. The van der Waals surface area contributed by atoms with E-state index in [4.69, 9.17) is 9.47 Å². The predicted octanol–water partition coefficient (Wildman–Crippen LogP) is 7.00. The molecule has 0 bridgehead atoms. The van der Waals surface area contributed by atoms with Gasteiger partial charge in [-0.1, -0.05) is 36.4 Å². The Hall–Kier alpha value is -3.53. The van der Waals surface area contributed by atoms with Crippen molar-refractivity contribution in [3.8, 4) is 22.6 Å². The fourth-order valence-corrected chi connectivity index (χ4v) is 4.61. The number of methoxy groups -OCH3 is 1. The SMILES string of the molecule is COc1cccc2c1-c1ccc3c(c1/C(=C\c1ccccc1F)O2)C(C)=CC(C)(C)N3. The molecule has 0 aliphatic carbocycles. The summed E-state index contributed by atoms with van der Waals surface area (Å²) in [5, 5.41) is 3.60. The molecule has 0 amide bonds. The summed E-state index contributed by atoms with van der Waals surface area (Å²) in [5.41, 5.74) is 6.43. The van der Waals surface area contributed by atoms with Gasteiger partial charge in [0, 0.05) is 27.9 Å². The van der Waals surface area contributed by atoms with Gasteiger partial charge in [0.2, 0.25) is 0 Å². The minimum absolute atomic E-state index is 0.161. The molecule has 0 fully saturated rings. The molecule has 2 aliphatic rings. The summed E-state index contributed by atoms with van der Waals surface area (Å²) in [6.45, 7) is 6.40. The van der Waals surface area contributed by atoms with Crippen molar-refractivity contribution in [1.29, 1.82) is 0 Å². The van der Waals surface area contributed by atoms with Crippen molar-refractivity contribution in [2.75, 3.05) is 12.4 Å². The third kappa shape index (κ3) is 3.19. The van der Waals surface area contributed by atoms with Gasteiger partial charge in [-0.3, -0.25) is 0 Å². The van der Waals surface area contributed by atoms with Crippen LogP contribution in [-0.2, 0) is 0 Å². The van der Waals surface area contributed by atoms with Gasteiger partial charge in [-0.2, -0.15) is 0 Å². The van der Waals surface area contributed by atoms with E-state index < -0.39 is 0 Å². The zero-order chi connectivity index (χ0) is 21.8. The summed E-state index contributed by atoms with van der Waals surface area (Å²) in [4.78, 5) is 0. The number of benzene rings is 3. The molecular formula is C27H24FNO2. The lowest BCUT2D eigenvalue weighted by molar-refractivity contribution is 0.412. The van der Waals surface area contributed by atoms with Crippen LogP contribution in [0.4, 0.5) is 10.1 Å². The molecule has 3 aromatic carbocycles. The van der Waals surface area contributed by atoms with Crippen molar-refractivity contribution in [3.05, 3.63) is 83.2 Å². The first-order valence-electron chi connectivity index (χ1n) is 10.3. The van der Waals surface area contributed by atoms with E-state index in [1.54, 1.807) is 25.3 Å². The van der Waals surface area contributed by atoms with Gasteiger partial charge in [-0.15, -0.1) is 0 Å². The Kier molecular flexibility index (Phi) is 4.40. The molecule has 3 nitrogen and oxygen atoms in total. The first-order chi connectivity index (χ1) is 14.9. The van der Waals surface area contributed by atoms with Crippen molar-refractivity contribution >= 4 is 23.1 Å².